The maximum Gasteiger partial charge on any atom is 0.255 e. The van der Waals surface area contributed by atoms with Gasteiger partial charge in [0.1, 0.15) is 17.3 Å². The van der Waals surface area contributed by atoms with Gasteiger partial charge >= 0.3 is 0 Å². The lowest BCUT2D eigenvalue weighted by Crippen LogP contribution is -2.24. The number of nitrogens with one attached hydrogen (secondary N) is 2. The molecule has 0 aliphatic carbocycles. The third-order valence-electron chi connectivity index (χ3n) is 4.43. The molecule has 0 saturated carbocycles. The summed E-state index contributed by atoms with van der Waals surface area (Å²) in [6, 6.07) is 16.6. The molecule has 2 aromatic heterocycles. The van der Waals surface area contributed by atoms with E-state index in [1.54, 1.807) is 41.3 Å². The minimum atomic E-state index is -0.339. The average molecular weight is 437 g/mol. The minimum absolute atomic E-state index is 0.213. The quantitative estimate of drug-likeness (QED) is 0.454. The van der Waals surface area contributed by atoms with Gasteiger partial charge in [-0.05, 0) is 54.1 Å². The number of anilines is 2. The highest BCUT2D eigenvalue weighted by atomic mass is 35.5. The summed E-state index contributed by atoms with van der Waals surface area (Å²) >= 11 is 5.90. The number of halogens is 2. The molecule has 2 heterocycles. The van der Waals surface area contributed by atoms with Gasteiger partial charge in [0.25, 0.3) is 5.91 Å². The molecule has 4 rings (SSSR count). The van der Waals surface area contributed by atoms with E-state index in [1.807, 2.05) is 24.3 Å². The summed E-state index contributed by atoms with van der Waals surface area (Å²) in [5.74, 6) is -0.281. The molecule has 9 heteroatoms. The Morgan fingerprint density at radius 1 is 1.06 bits per heavy atom. The number of carbonyl (C=O) groups is 1. The molecule has 2 aromatic carbocycles. The second-order valence-corrected chi connectivity index (χ2v) is 7.18. The highest BCUT2D eigenvalue weighted by molar-refractivity contribution is 6.30. The van der Waals surface area contributed by atoms with Crippen LogP contribution in [0.25, 0.3) is 0 Å². The first-order valence-corrected chi connectivity index (χ1v) is 9.84. The zero-order valence-electron chi connectivity index (χ0n) is 16.3. The number of carbonyl (C=O) groups excluding carboxylic acids is 1. The molecule has 31 heavy (non-hydrogen) atoms. The van der Waals surface area contributed by atoms with Crippen molar-refractivity contribution in [3.05, 3.63) is 101 Å². The highest BCUT2D eigenvalue weighted by Crippen LogP contribution is 2.19. The largest absolute Gasteiger partial charge is 0.346 e. The standard InChI is InChI=1S/C22H18ClFN6O/c23-16-5-3-15(4-6-16)13-30-14-19(28-29-30)12-26-22(31)20-2-1-11-25-21(20)27-18-9-7-17(24)8-10-18/h1-11,14H,12-13H2,(H,25,27)(H,26,31). The van der Waals surface area contributed by atoms with Gasteiger partial charge in [0.05, 0.1) is 24.8 Å². The average Bonchev–Trinajstić information content (AvgIpc) is 3.23. The zero-order valence-corrected chi connectivity index (χ0v) is 17.1. The molecular formula is C22H18ClFN6O. The molecule has 0 spiro atoms. The van der Waals surface area contributed by atoms with E-state index in [2.05, 4.69) is 25.9 Å². The summed E-state index contributed by atoms with van der Waals surface area (Å²) in [7, 11) is 0. The van der Waals surface area contributed by atoms with E-state index in [4.69, 9.17) is 11.6 Å². The lowest BCUT2D eigenvalue weighted by Gasteiger charge is -2.10. The molecule has 0 atom stereocenters. The number of amides is 1. The van der Waals surface area contributed by atoms with Gasteiger partial charge in [-0.3, -0.25) is 4.79 Å². The second kappa shape index (κ2) is 9.36. The van der Waals surface area contributed by atoms with Crippen LogP contribution >= 0.6 is 11.6 Å². The van der Waals surface area contributed by atoms with E-state index >= 15 is 0 Å². The predicted molar refractivity (Wildman–Crippen MR) is 116 cm³/mol. The lowest BCUT2D eigenvalue weighted by molar-refractivity contribution is 0.0951. The van der Waals surface area contributed by atoms with Crippen molar-refractivity contribution in [1.82, 2.24) is 25.3 Å². The first kappa shape index (κ1) is 20.5. The molecule has 4 aromatic rings. The Hall–Kier alpha value is -3.78. The predicted octanol–water partition coefficient (Wildman–Crippen LogP) is 4.19. The molecule has 2 N–H and O–H groups in total. The molecule has 0 bridgehead atoms. The Labute approximate surface area is 182 Å². The normalized spacial score (nSPS) is 10.6. The fourth-order valence-corrected chi connectivity index (χ4v) is 3.02. The molecule has 1 amide bonds. The summed E-state index contributed by atoms with van der Waals surface area (Å²) in [6.07, 6.45) is 3.35. The molecule has 0 aliphatic heterocycles. The van der Waals surface area contributed by atoms with E-state index in [9.17, 15) is 9.18 Å². The van der Waals surface area contributed by atoms with Crippen LogP contribution in [0.3, 0.4) is 0 Å². The van der Waals surface area contributed by atoms with Crippen LogP contribution in [-0.4, -0.2) is 25.9 Å². The molecule has 0 unspecified atom stereocenters. The molecule has 156 valence electrons. The van der Waals surface area contributed by atoms with E-state index in [0.717, 1.165) is 5.56 Å². The van der Waals surface area contributed by atoms with Gasteiger partial charge < -0.3 is 10.6 Å². The van der Waals surface area contributed by atoms with Gasteiger partial charge in [-0.2, -0.15) is 0 Å². The summed E-state index contributed by atoms with van der Waals surface area (Å²) in [5, 5.41) is 14.7. The van der Waals surface area contributed by atoms with Crippen LogP contribution in [0.5, 0.6) is 0 Å². The maximum atomic E-state index is 13.1. The second-order valence-electron chi connectivity index (χ2n) is 6.75. The Kier molecular flexibility index (Phi) is 6.18. The first-order valence-electron chi connectivity index (χ1n) is 9.46. The van der Waals surface area contributed by atoms with Crippen molar-refractivity contribution in [2.24, 2.45) is 0 Å². The molecule has 7 nitrogen and oxygen atoms in total. The molecule has 0 radical (unpaired) electrons. The number of nitrogens with zero attached hydrogens (tertiary/aromatic N) is 4. The van der Waals surface area contributed by atoms with E-state index in [0.29, 0.717) is 34.3 Å². The third-order valence-corrected chi connectivity index (χ3v) is 4.69. The number of hydrogen-bond donors (Lipinski definition) is 2. The van der Waals surface area contributed by atoms with E-state index in [1.165, 1.54) is 12.1 Å². The van der Waals surface area contributed by atoms with E-state index < -0.39 is 0 Å². The lowest BCUT2D eigenvalue weighted by atomic mass is 10.2. The fraction of sp³-hybridized carbons (Fsp3) is 0.0909. The topological polar surface area (TPSA) is 84.7 Å². The zero-order chi connectivity index (χ0) is 21.6. The number of aromatic nitrogens is 4. The Morgan fingerprint density at radius 3 is 2.61 bits per heavy atom. The Balaban J connectivity index is 1.38. The van der Waals surface area contributed by atoms with Crippen molar-refractivity contribution < 1.29 is 9.18 Å². The summed E-state index contributed by atoms with van der Waals surface area (Å²) in [6.45, 7) is 0.761. The van der Waals surface area contributed by atoms with Crippen LogP contribution in [-0.2, 0) is 13.1 Å². The van der Waals surface area contributed by atoms with Crippen molar-refractivity contribution in [2.75, 3.05) is 5.32 Å². The van der Waals surface area contributed by atoms with Gasteiger partial charge in [-0.1, -0.05) is 28.9 Å². The molecular weight excluding hydrogens is 419 g/mol. The Bertz CT molecular complexity index is 1180. The van der Waals surface area contributed by atoms with Crippen LogP contribution in [0.2, 0.25) is 5.02 Å². The summed E-state index contributed by atoms with van der Waals surface area (Å²) < 4.78 is 14.8. The minimum Gasteiger partial charge on any atom is -0.346 e. The molecule has 0 fully saturated rings. The molecule has 0 aliphatic rings. The fourth-order valence-electron chi connectivity index (χ4n) is 2.90. The third kappa shape index (κ3) is 5.43. The summed E-state index contributed by atoms with van der Waals surface area (Å²) in [4.78, 5) is 16.9. The number of hydrogen-bond acceptors (Lipinski definition) is 5. The van der Waals surface area contributed by atoms with Crippen molar-refractivity contribution in [2.45, 2.75) is 13.1 Å². The van der Waals surface area contributed by atoms with Gasteiger partial charge in [-0.25, -0.2) is 14.1 Å². The maximum absolute atomic E-state index is 13.1. The molecule has 0 saturated heterocycles. The van der Waals surface area contributed by atoms with Crippen LogP contribution in [0.1, 0.15) is 21.6 Å². The van der Waals surface area contributed by atoms with Gasteiger partial charge in [0, 0.05) is 16.9 Å². The van der Waals surface area contributed by atoms with Crippen LogP contribution in [0, 0.1) is 5.82 Å². The van der Waals surface area contributed by atoms with Crippen molar-refractivity contribution in [1.29, 1.82) is 0 Å². The van der Waals surface area contributed by atoms with Crippen LogP contribution in [0.4, 0.5) is 15.9 Å². The Morgan fingerprint density at radius 2 is 1.84 bits per heavy atom. The van der Waals surface area contributed by atoms with Gasteiger partial charge in [0.2, 0.25) is 0 Å². The number of rotatable bonds is 7. The number of benzene rings is 2. The van der Waals surface area contributed by atoms with Crippen molar-refractivity contribution in [3.63, 3.8) is 0 Å². The smallest absolute Gasteiger partial charge is 0.255 e. The first-order chi connectivity index (χ1) is 15.1. The highest BCUT2D eigenvalue weighted by Gasteiger charge is 2.13. The summed E-state index contributed by atoms with van der Waals surface area (Å²) in [5.41, 5.74) is 2.65. The van der Waals surface area contributed by atoms with Crippen molar-refractivity contribution >= 4 is 29.0 Å². The van der Waals surface area contributed by atoms with Gasteiger partial charge in [-0.15, -0.1) is 5.10 Å². The van der Waals surface area contributed by atoms with E-state index in [-0.39, 0.29) is 18.3 Å². The van der Waals surface area contributed by atoms with Gasteiger partial charge in [0.15, 0.2) is 0 Å². The monoisotopic (exact) mass is 436 g/mol. The SMILES string of the molecule is O=C(NCc1cn(Cc2ccc(Cl)cc2)nn1)c1cccnc1Nc1ccc(F)cc1. The van der Waals surface area contributed by atoms with Crippen LogP contribution in [0.15, 0.2) is 73.1 Å². The number of pyridine rings is 1. The van der Waals surface area contributed by atoms with Crippen LogP contribution < -0.4 is 10.6 Å². The van der Waals surface area contributed by atoms with Crippen molar-refractivity contribution in [3.8, 4) is 0 Å².